The van der Waals surface area contributed by atoms with E-state index in [9.17, 15) is 4.79 Å². The van der Waals surface area contributed by atoms with Gasteiger partial charge in [-0.2, -0.15) is 0 Å². The first-order valence-electron chi connectivity index (χ1n) is 2.56. The Morgan fingerprint density at radius 1 is 1.45 bits per heavy atom. The predicted octanol–water partition coefficient (Wildman–Crippen LogP) is 2.40. The van der Waals surface area contributed by atoms with Gasteiger partial charge in [-0.1, -0.05) is 23.2 Å². The number of ether oxygens (including phenoxy) is 1. The first-order chi connectivity index (χ1) is 5.04. The van der Waals surface area contributed by atoms with Crippen LogP contribution in [0.4, 0.5) is 0 Å². The molecule has 0 bridgehead atoms. The molecule has 0 aromatic rings. The number of alkyl halides is 3. The zero-order valence-corrected chi connectivity index (χ0v) is 8.01. The Morgan fingerprint density at radius 3 is 2.18 bits per heavy atom. The van der Waals surface area contributed by atoms with Gasteiger partial charge in [0.1, 0.15) is 9.87 Å². The highest BCUT2D eigenvalue weighted by Gasteiger charge is 2.34. The summed E-state index contributed by atoms with van der Waals surface area (Å²) in [6.07, 6.45) is 0. The molecule has 0 saturated heterocycles. The van der Waals surface area contributed by atoms with Gasteiger partial charge in [-0.15, -0.1) is 23.2 Å². The zero-order chi connectivity index (χ0) is 8.59. The van der Waals surface area contributed by atoms with Crippen molar-refractivity contribution in [2.45, 2.75) is 10.4 Å². The molecule has 1 atom stereocenters. The SMILES string of the molecule is O=C1OC(Cl)C(C(Cl)Cl)=C1Cl. The summed E-state index contributed by atoms with van der Waals surface area (Å²) in [4.78, 5) is 9.78. The van der Waals surface area contributed by atoms with Gasteiger partial charge in [0.25, 0.3) is 0 Å². The second-order valence-corrected chi connectivity index (χ2v) is 3.66. The van der Waals surface area contributed by atoms with E-state index in [0.29, 0.717) is 0 Å². The maximum atomic E-state index is 10.7. The van der Waals surface area contributed by atoms with Crippen LogP contribution in [0, 0.1) is 0 Å². The van der Waals surface area contributed by atoms with E-state index in [4.69, 9.17) is 46.4 Å². The molecule has 1 aliphatic rings. The number of cyclic esters (lactones) is 1. The molecule has 11 heavy (non-hydrogen) atoms. The van der Waals surface area contributed by atoms with Crippen LogP contribution >= 0.6 is 46.4 Å². The zero-order valence-electron chi connectivity index (χ0n) is 4.98. The van der Waals surface area contributed by atoms with Crippen molar-refractivity contribution in [3.05, 3.63) is 10.6 Å². The lowest BCUT2D eigenvalue weighted by Crippen LogP contribution is -2.06. The molecule has 0 radical (unpaired) electrons. The Bertz CT molecular complexity index is 223. The van der Waals surface area contributed by atoms with Gasteiger partial charge >= 0.3 is 5.97 Å². The van der Waals surface area contributed by atoms with Crippen molar-refractivity contribution in [2.75, 3.05) is 0 Å². The van der Waals surface area contributed by atoms with Gasteiger partial charge in [0.15, 0.2) is 0 Å². The first-order valence-corrected chi connectivity index (χ1v) is 4.25. The Balaban J connectivity index is 2.97. The topological polar surface area (TPSA) is 26.3 Å². The monoisotopic (exact) mass is 234 g/mol. The van der Waals surface area contributed by atoms with Crippen molar-refractivity contribution >= 4 is 52.4 Å². The van der Waals surface area contributed by atoms with E-state index in [0.717, 1.165) is 0 Å². The van der Waals surface area contributed by atoms with E-state index in [1.807, 2.05) is 0 Å². The van der Waals surface area contributed by atoms with Crippen LogP contribution < -0.4 is 0 Å². The fraction of sp³-hybridized carbons (Fsp3) is 0.400. The highest BCUT2D eigenvalue weighted by Crippen LogP contribution is 2.34. The Morgan fingerprint density at radius 2 is 2.00 bits per heavy atom. The molecular weight excluding hydrogens is 234 g/mol. The maximum Gasteiger partial charge on any atom is 0.351 e. The quantitative estimate of drug-likeness (QED) is 0.516. The molecule has 1 aliphatic heterocycles. The Kier molecular flexibility index (Phi) is 2.92. The summed E-state index contributed by atoms with van der Waals surface area (Å²) in [5.41, 5.74) is -0.725. The molecule has 0 saturated carbocycles. The summed E-state index contributed by atoms with van der Waals surface area (Å²) in [5, 5.41) is -0.125. The number of hydrogen-bond acceptors (Lipinski definition) is 2. The van der Waals surface area contributed by atoms with Gasteiger partial charge in [-0.25, -0.2) is 4.79 Å². The van der Waals surface area contributed by atoms with Gasteiger partial charge in [0, 0.05) is 5.57 Å². The molecule has 0 N–H and O–H groups in total. The van der Waals surface area contributed by atoms with Crippen LogP contribution in [0.15, 0.2) is 10.6 Å². The van der Waals surface area contributed by atoms with Crippen LogP contribution in [-0.2, 0) is 9.53 Å². The van der Waals surface area contributed by atoms with Gasteiger partial charge < -0.3 is 4.74 Å². The highest BCUT2D eigenvalue weighted by molar-refractivity contribution is 6.50. The third kappa shape index (κ3) is 1.75. The lowest BCUT2D eigenvalue weighted by atomic mass is 10.3. The van der Waals surface area contributed by atoms with E-state index in [2.05, 4.69) is 4.74 Å². The van der Waals surface area contributed by atoms with Crippen LogP contribution in [-0.4, -0.2) is 16.4 Å². The molecule has 0 fully saturated rings. The Hall–Kier alpha value is 0.370. The molecule has 2 nitrogen and oxygen atoms in total. The van der Waals surface area contributed by atoms with Crippen LogP contribution in [0.1, 0.15) is 0 Å². The van der Waals surface area contributed by atoms with Crippen molar-refractivity contribution in [2.24, 2.45) is 0 Å². The standard InChI is InChI=1S/C5H2Cl4O2/c6-2-1(3(7)8)4(9)11-5(2)10/h3-4H. The predicted molar refractivity (Wildman–Crippen MR) is 44.1 cm³/mol. The van der Waals surface area contributed by atoms with Crippen LogP contribution in [0.5, 0.6) is 0 Å². The van der Waals surface area contributed by atoms with E-state index >= 15 is 0 Å². The summed E-state index contributed by atoms with van der Waals surface area (Å²) in [7, 11) is 0. The molecule has 0 aromatic heterocycles. The fourth-order valence-corrected chi connectivity index (χ4v) is 1.93. The summed E-state index contributed by atoms with van der Waals surface area (Å²) in [6, 6.07) is 0. The van der Waals surface area contributed by atoms with Crippen molar-refractivity contribution in [1.29, 1.82) is 0 Å². The minimum Gasteiger partial charge on any atom is -0.437 e. The molecule has 0 aromatic carbocycles. The minimum absolute atomic E-state index is 0.125. The third-order valence-electron chi connectivity index (χ3n) is 1.12. The first kappa shape index (κ1) is 9.46. The Labute approximate surface area is 83.0 Å². The molecule has 1 heterocycles. The van der Waals surface area contributed by atoms with Crippen molar-refractivity contribution < 1.29 is 9.53 Å². The number of halogens is 4. The second kappa shape index (κ2) is 3.40. The minimum atomic E-state index is -0.935. The van der Waals surface area contributed by atoms with Gasteiger partial charge in [-0.3, -0.25) is 0 Å². The average Bonchev–Trinajstić information content (AvgIpc) is 2.07. The smallest absolute Gasteiger partial charge is 0.351 e. The highest BCUT2D eigenvalue weighted by atomic mass is 35.5. The number of carbonyl (C=O) groups excluding carboxylic acids is 1. The van der Waals surface area contributed by atoms with E-state index in [-0.39, 0.29) is 10.6 Å². The summed E-state index contributed by atoms with van der Waals surface area (Å²) >= 11 is 21.9. The molecule has 0 spiro atoms. The molecule has 1 rings (SSSR count). The lowest BCUT2D eigenvalue weighted by molar-refractivity contribution is -0.136. The lowest BCUT2D eigenvalue weighted by Gasteiger charge is -2.04. The fourth-order valence-electron chi connectivity index (χ4n) is 0.622. The van der Waals surface area contributed by atoms with Crippen LogP contribution in [0.2, 0.25) is 0 Å². The van der Waals surface area contributed by atoms with Gasteiger partial charge in [0.05, 0.1) is 0 Å². The number of esters is 1. The van der Waals surface area contributed by atoms with Crippen molar-refractivity contribution in [3.8, 4) is 0 Å². The van der Waals surface area contributed by atoms with Crippen LogP contribution in [0.3, 0.4) is 0 Å². The molecule has 0 amide bonds. The molecule has 6 heteroatoms. The van der Waals surface area contributed by atoms with Crippen LogP contribution in [0.25, 0.3) is 0 Å². The maximum absolute atomic E-state index is 10.7. The molecular formula is C5H2Cl4O2. The van der Waals surface area contributed by atoms with E-state index in [1.54, 1.807) is 0 Å². The van der Waals surface area contributed by atoms with Gasteiger partial charge in [0.2, 0.25) is 5.56 Å². The second-order valence-electron chi connectivity index (χ2n) is 1.79. The average molecular weight is 236 g/mol. The largest absolute Gasteiger partial charge is 0.437 e. The van der Waals surface area contributed by atoms with E-state index in [1.165, 1.54) is 0 Å². The summed E-state index contributed by atoms with van der Waals surface area (Å²) < 4.78 is 4.50. The van der Waals surface area contributed by atoms with E-state index < -0.39 is 16.4 Å². The van der Waals surface area contributed by atoms with Crippen molar-refractivity contribution in [3.63, 3.8) is 0 Å². The van der Waals surface area contributed by atoms with Gasteiger partial charge in [-0.05, 0) is 0 Å². The molecule has 0 aliphatic carbocycles. The normalized spacial score (nSPS) is 24.8. The number of hydrogen-bond donors (Lipinski definition) is 0. The third-order valence-corrected chi connectivity index (χ3v) is 2.29. The number of carbonyl (C=O) groups is 1. The molecule has 1 unspecified atom stereocenters. The summed E-state index contributed by atoms with van der Waals surface area (Å²) in [6.45, 7) is 0. The molecule has 62 valence electrons. The number of rotatable bonds is 1. The van der Waals surface area contributed by atoms with Crippen molar-refractivity contribution in [1.82, 2.24) is 0 Å². The summed E-state index contributed by atoms with van der Waals surface area (Å²) in [5.74, 6) is -0.687.